The molecule has 0 saturated carbocycles. The third kappa shape index (κ3) is 9.70. The Morgan fingerprint density at radius 1 is 1.19 bits per heavy atom. The lowest BCUT2D eigenvalue weighted by atomic mass is 10.1. The van der Waals surface area contributed by atoms with Crippen LogP contribution in [0.25, 0.3) is 0 Å². The zero-order chi connectivity index (χ0) is 16.3. The van der Waals surface area contributed by atoms with Gasteiger partial charge in [0.15, 0.2) is 11.9 Å². The van der Waals surface area contributed by atoms with Gasteiger partial charge in [-0.05, 0) is 24.8 Å². The lowest BCUT2D eigenvalue weighted by molar-refractivity contribution is -0.742. The summed E-state index contributed by atoms with van der Waals surface area (Å²) in [6.45, 7) is 0.525. The van der Waals surface area contributed by atoms with Crippen LogP contribution in [0.5, 0.6) is 0 Å². The molecule has 0 bridgehead atoms. The van der Waals surface area contributed by atoms with Gasteiger partial charge in [0.1, 0.15) is 0 Å². The summed E-state index contributed by atoms with van der Waals surface area (Å²) < 4.78 is 0. The third-order valence-corrected chi connectivity index (χ3v) is 2.52. The summed E-state index contributed by atoms with van der Waals surface area (Å²) in [5, 5.41) is 28.2. The molecule has 0 radical (unpaired) electrons. The number of nitrogens with two attached hydrogens (primary N) is 2. The van der Waals surface area contributed by atoms with E-state index >= 15 is 0 Å². The number of nitrogens with one attached hydrogen (secondary N) is 2. The highest BCUT2D eigenvalue weighted by Gasteiger charge is 2.08. The number of guanidine groups is 2. The van der Waals surface area contributed by atoms with Gasteiger partial charge in [-0.2, -0.15) is 0 Å². The molecule has 0 saturated heterocycles. The first kappa shape index (κ1) is 18.2. The van der Waals surface area contributed by atoms with Gasteiger partial charge in [-0.3, -0.25) is 15.7 Å². The Labute approximate surface area is 122 Å². The largest absolute Gasteiger partial charge is 0.370 e. The maximum Gasteiger partial charge on any atom is 0.291 e. The van der Waals surface area contributed by atoms with Crippen molar-refractivity contribution in [3.8, 4) is 0 Å². The SMILES string of the molecule is N=C(N)N(CCCCc1ccccc1)C(=N)N.O=[N+]([O-])O. The van der Waals surface area contributed by atoms with Gasteiger partial charge in [0.05, 0.1) is 0 Å². The van der Waals surface area contributed by atoms with Crippen molar-refractivity contribution < 1.29 is 10.3 Å². The summed E-state index contributed by atoms with van der Waals surface area (Å²) in [4.78, 5) is 9.66. The fraction of sp³-hybridized carbons (Fsp3) is 0.333. The third-order valence-electron chi connectivity index (χ3n) is 2.52. The minimum Gasteiger partial charge on any atom is -0.370 e. The average Bonchev–Trinajstić information content (AvgIpc) is 2.38. The van der Waals surface area contributed by atoms with Gasteiger partial charge in [0.2, 0.25) is 0 Å². The molecule has 0 aliphatic heterocycles. The van der Waals surface area contributed by atoms with Crippen LogP contribution in [0.4, 0.5) is 0 Å². The van der Waals surface area contributed by atoms with Crippen molar-refractivity contribution in [2.24, 2.45) is 11.5 Å². The van der Waals surface area contributed by atoms with E-state index in [0.717, 1.165) is 19.3 Å². The van der Waals surface area contributed by atoms with Crippen LogP contribution in [-0.2, 0) is 6.42 Å². The molecule has 21 heavy (non-hydrogen) atoms. The minimum atomic E-state index is -1.50. The van der Waals surface area contributed by atoms with Crippen molar-refractivity contribution in [2.75, 3.05) is 6.54 Å². The summed E-state index contributed by atoms with van der Waals surface area (Å²) >= 11 is 0. The highest BCUT2D eigenvalue weighted by molar-refractivity contribution is 5.94. The molecule has 0 heterocycles. The smallest absolute Gasteiger partial charge is 0.291 e. The van der Waals surface area contributed by atoms with Crippen molar-refractivity contribution in [3.05, 3.63) is 46.0 Å². The molecular weight excluding hydrogens is 276 g/mol. The average molecular weight is 296 g/mol. The van der Waals surface area contributed by atoms with Gasteiger partial charge in [0, 0.05) is 6.54 Å². The van der Waals surface area contributed by atoms with Gasteiger partial charge in [-0.1, -0.05) is 30.3 Å². The molecule has 7 N–H and O–H groups in total. The second-order valence-electron chi connectivity index (χ2n) is 4.10. The van der Waals surface area contributed by atoms with Gasteiger partial charge in [-0.15, -0.1) is 10.1 Å². The summed E-state index contributed by atoms with van der Waals surface area (Å²) in [5.74, 6) is -0.338. The highest BCUT2D eigenvalue weighted by atomic mass is 16.9. The summed E-state index contributed by atoms with van der Waals surface area (Å²) in [5.41, 5.74) is 11.9. The Morgan fingerprint density at radius 3 is 2.10 bits per heavy atom. The maximum absolute atomic E-state index is 8.36. The molecule has 9 heteroatoms. The molecule has 0 aliphatic rings. The molecular formula is C12H20N6O3. The Hall–Kier alpha value is -2.84. The van der Waals surface area contributed by atoms with Gasteiger partial charge in [0.25, 0.3) is 5.09 Å². The number of unbranched alkanes of at least 4 members (excludes halogenated alkanes) is 1. The molecule has 0 aromatic heterocycles. The summed E-state index contributed by atoms with van der Waals surface area (Å²) in [6, 6.07) is 10.2. The number of rotatable bonds is 5. The van der Waals surface area contributed by atoms with E-state index in [4.69, 9.17) is 37.6 Å². The molecule has 1 aromatic carbocycles. The number of benzene rings is 1. The number of hydrogen-bond acceptors (Lipinski definition) is 4. The van der Waals surface area contributed by atoms with Crippen molar-refractivity contribution in [1.29, 1.82) is 10.8 Å². The minimum absolute atomic E-state index is 0.169. The number of nitrogens with zero attached hydrogens (tertiary/aromatic N) is 2. The highest BCUT2D eigenvalue weighted by Crippen LogP contribution is 2.05. The van der Waals surface area contributed by atoms with Crippen LogP contribution in [0.3, 0.4) is 0 Å². The Bertz CT molecular complexity index is 447. The summed E-state index contributed by atoms with van der Waals surface area (Å²) in [7, 11) is 0. The number of hydrogen-bond donors (Lipinski definition) is 5. The number of aryl methyl sites for hydroxylation is 1. The molecule has 0 fully saturated rings. The Kier molecular flexibility index (Phi) is 8.65. The van der Waals surface area contributed by atoms with Crippen LogP contribution < -0.4 is 11.5 Å². The topological polar surface area (TPSA) is 166 Å². The predicted molar refractivity (Wildman–Crippen MR) is 78.7 cm³/mol. The van der Waals surface area contributed by atoms with E-state index in [1.807, 2.05) is 18.2 Å². The molecule has 1 rings (SSSR count). The zero-order valence-corrected chi connectivity index (χ0v) is 11.5. The predicted octanol–water partition coefficient (Wildman–Crippen LogP) is 0.751. The first-order valence-electron chi connectivity index (χ1n) is 6.17. The second-order valence-corrected chi connectivity index (χ2v) is 4.10. The van der Waals surface area contributed by atoms with Gasteiger partial charge in [-0.25, -0.2) is 0 Å². The van der Waals surface area contributed by atoms with E-state index in [1.54, 1.807) is 0 Å². The molecule has 0 spiro atoms. The molecule has 9 nitrogen and oxygen atoms in total. The van der Waals surface area contributed by atoms with Crippen LogP contribution in [0, 0.1) is 20.9 Å². The quantitative estimate of drug-likeness (QED) is 0.177. The van der Waals surface area contributed by atoms with Crippen LogP contribution in [0.1, 0.15) is 18.4 Å². The van der Waals surface area contributed by atoms with Crippen molar-refractivity contribution in [3.63, 3.8) is 0 Å². The fourth-order valence-electron chi connectivity index (χ4n) is 1.61. The van der Waals surface area contributed by atoms with Crippen LogP contribution >= 0.6 is 0 Å². The Morgan fingerprint density at radius 2 is 1.67 bits per heavy atom. The van der Waals surface area contributed by atoms with E-state index in [1.165, 1.54) is 10.5 Å². The van der Waals surface area contributed by atoms with Crippen LogP contribution in [0.2, 0.25) is 0 Å². The first-order chi connectivity index (χ1) is 9.84. The second kappa shape index (κ2) is 10.0. The van der Waals surface area contributed by atoms with E-state index in [9.17, 15) is 0 Å². The molecule has 1 aromatic rings. The van der Waals surface area contributed by atoms with E-state index in [0.29, 0.717) is 6.54 Å². The standard InChI is InChI=1S/C12H19N5.HNO3/c13-11(14)17(12(15)16)9-5-4-8-10-6-2-1-3-7-10;2-1(3)4/h1-3,6-7H,4-5,8-9H2,(H3,13,14)(H3,15,16);(H,2,3,4). The normalized spacial score (nSPS) is 9.14. The lowest BCUT2D eigenvalue weighted by Gasteiger charge is -2.19. The Balaban J connectivity index is 0.000000885. The fourth-order valence-corrected chi connectivity index (χ4v) is 1.61. The molecule has 0 atom stereocenters. The molecule has 0 unspecified atom stereocenters. The van der Waals surface area contributed by atoms with E-state index in [2.05, 4.69) is 12.1 Å². The van der Waals surface area contributed by atoms with Gasteiger partial charge >= 0.3 is 0 Å². The zero-order valence-electron chi connectivity index (χ0n) is 11.5. The summed E-state index contributed by atoms with van der Waals surface area (Å²) in [6.07, 6.45) is 2.83. The molecule has 116 valence electrons. The van der Waals surface area contributed by atoms with Crippen LogP contribution in [-0.4, -0.2) is 33.7 Å². The van der Waals surface area contributed by atoms with E-state index < -0.39 is 5.09 Å². The van der Waals surface area contributed by atoms with Gasteiger partial charge < -0.3 is 16.7 Å². The first-order valence-corrected chi connectivity index (χ1v) is 6.17. The van der Waals surface area contributed by atoms with Crippen molar-refractivity contribution in [1.82, 2.24) is 4.90 Å². The van der Waals surface area contributed by atoms with E-state index in [-0.39, 0.29) is 11.9 Å². The lowest BCUT2D eigenvalue weighted by Crippen LogP contribution is -2.45. The maximum atomic E-state index is 8.36. The molecule has 0 aliphatic carbocycles. The van der Waals surface area contributed by atoms with Crippen molar-refractivity contribution >= 4 is 11.9 Å². The molecule has 0 amide bonds. The monoisotopic (exact) mass is 296 g/mol. The van der Waals surface area contributed by atoms with Crippen molar-refractivity contribution in [2.45, 2.75) is 19.3 Å². The van der Waals surface area contributed by atoms with Crippen LogP contribution in [0.15, 0.2) is 30.3 Å².